The van der Waals surface area contributed by atoms with Gasteiger partial charge in [-0.3, -0.25) is 0 Å². The Morgan fingerprint density at radius 1 is 1.32 bits per heavy atom. The van der Waals surface area contributed by atoms with Gasteiger partial charge in [0.15, 0.2) is 0 Å². The molecule has 2 aliphatic carbocycles. The zero-order chi connectivity index (χ0) is 13.9. The maximum absolute atomic E-state index is 11.6. The van der Waals surface area contributed by atoms with E-state index in [9.17, 15) is 8.42 Å². The number of ether oxygens (including phenoxy) is 1. The molecule has 0 spiro atoms. The third-order valence-electron chi connectivity index (χ3n) is 4.79. The van der Waals surface area contributed by atoms with Crippen LogP contribution in [0.1, 0.15) is 44.9 Å². The van der Waals surface area contributed by atoms with Crippen LogP contribution in [0, 0.1) is 5.41 Å². The molecule has 1 N–H and O–H groups in total. The molecule has 0 aliphatic heterocycles. The van der Waals surface area contributed by atoms with Crippen molar-refractivity contribution in [3.05, 3.63) is 0 Å². The minimum atomic E-state index is -2.87. The van der Waals surface area contributed by atoms with Crippen molar-refractivity contribution in [2.75, 3.05) is 26.5 Å². The van der Waals surface area contributed by atoms with E-state index in [0.29, 0.717) is 11.5 Å². The molecule has 112 valence electrons. The summed E-state index contributed by atoms with van der Waals surface area (Å²) in [5, 5.41) is 3.48. The van der Waals surface area contributed by atoms with Gasteiger partial charge in [-0.2, -0.15) is 0 Å². The maximum atomic E-state index is 11.6. The summed E-state index contributed by atoms with van der Waals surface area (Å²) in [5.41, 5.74) is 0.439. The topological polar surface area (TPSA) is 55.4 Å². The van der Waals surface area contributed by atoms with Gasteiger partial charge in [0.1, 0.15) is 9.84 Å². The van der Waals surface area contributed by atoms with E-state index in [1.807, 2.05) is 0 Å². The highest BCUT2D eigenvalue weighted by atomic mass is 32.2. The standard InChI is InChI=1S/C14H27NO3S/c1-18-9-8-14(6-7-14)11-15-12-4-3-5-13(10-12)19(2,16)17/h12-13,15H,3-11H2,1-2H3. The molecule has 0 radical (unpaired) electrons. The number of hydrogen-bond acceptors (Lipinski definition) is 4. The van der Waals surface area contributed by atoms with Crippen molar-refractivity contribution >= 4 is 9.84 Å². The fourth-order valence-corrected chi connectivity index (χ4v) is 4.27. The van der Waals surface area contributed by atoms with Gasteiger partial charge in [0, 0.05) is 32.6 Å². The minimum Gasteiger partial charge on any atom is -0.385 e. The molecule has 2 aliphatic rings. The molecule has 2 atom stereocenters. The molecule has 4 nitrogen and oxygen atoms in total. The van der Waals surface area contributed by atoms with Gasteiger partial charge in [0.05, 0.1) is 5.25 Å². The van der Waals surface area contributed by atoms with Crippen molar-refractivity contribution in [2.45, 2.75) is 56.2 Å². The molecular formula is C14H27NO3S. The third-order valence-corrected chi connectivity index (χ3v) is 6.43. The second-order valence-electron chi connectivity index (χ2n) is 6.44. The molecular weight excluding hydrogens is 262 g/mol. The summed E-state index contributed by atoms with van der Waals surface area (Å²) in [6.07, 6.45) is 8.84. The van der Waals surface area contributed by atoms with Crippen LogP contribution in [0.3, 0.4) is 0 Å². The van der Waals surface area contributed by atoms with Crippen molar-refractivity contribution in [3.8, 4) is 0 Å². The van der Waals surface area contributed by atoms with Crippen LogP contribution in [0.2, 0.25) is 0 Å². The SMILES string of the molecule is COCCC1(CNC2CCCC(S(C)(=O)=O)C2)CC1. The van der Waals surface area contributed by atoms with Crippen molar-refractivity contribution < 1.29 is 13.2 Å². The van der Waals surface area contributed by atoms with E-state index < -0.39 is 9.84 Å². The molecule has 0 saturated heterocycles. The van der Waals surface area contributed by atoms with Gasteiger partial charge in [0.25, 0.3) is 0 Å². The molecule has 5 heteroatoms. The Bertz CT molecular complexity index is 389. The summed E-state index contributed by atoms with van der Waals surface area (Å²) in [6.45, 7) is 1.86. The average Bonchev–Trinajstić information content (AvgIpc) is 3.14. The highest BCUT2D eigenvalue weighted by molar-refractivity contribution is 7.91. The van der Waals surface area contributed by atoms with E-state index in [4.69, 9.17) is 4.74 Å². The number of methoxy groups -OCH3 is 1. The predicted molar refractivity (Wildman–Crippen MR) is 77.1 cm³/mol. The lowest BCUT2D eigenvalue weighted by Gasteiger charge is -2.30. The first kappa shape index (κ1) is 15.3. The second-order valence-corrected chi connectivity index (χ2v) is 8.76. The smallest absolute Gasteiger partial charge is 0.150 e. The van der Waals surface area contributed by atoms with Gasteiger partial charge in [-0.05, 0) is 43.9 Å². The van der Waals surface area contributed by atoms with Crippen LogP contribution < -0.4 is 5.32 Å². The summed E-state index contributed by atoms with van der Waals surface area (Å²) < 4.78 is 28.4. The second kappa shape index (κ2) is 6.10. The van der Waals surface area contributed by atoms with Crippen LogP contribution in [-0.2, 0) is 14.6 Å². The molecule has 19 heavy (non-hydrogen) atoms. The first-order valence-corrected chi connectivity index (χ1v) is 9.32. The Kier molecular flexibility index (Phi) is 4.90. The molecule has 0 aromatic heterocycles. The molecule has 2 unspecified atom stereocenters. The zero-order valence-electron chi connectivity index (χ0n) is 12.2. The number of hydrogen-bond donors (Lipinski definition) is 1. The molecule has 2 saturated carbocycles. The Hall–Kier alpha value is -0.130. The largest absolute Gasteiger partial charge is 0.385 e. The van der Waals surface area contributed by atoms with Gasteiger partial charge < -0.3 is 10.1 Å². The van der Waals surface area contributed by atoms with Gasteiger partial charge in [-0.25, -0.2) is 8.42 Å². The quantitative estimate of drug-likeness (QED) is 0.776. The van der Waals surface area contributed by atoms with Gasteiger partial charge in [-0.1, -0.05) is 6.42 Å². The van der Waals surface area contributed by atoms with Gasteiger partial charge in [-0.15, -0.1) is 0 Å². The summed E-state index contributed by atoms with van der Waals surface area (Å²) in [6, 6.07) is 0.383. The lowest BCUT2D eigenvalue weighted by Crippen LogP contribution is -2.41. The summed E-state index contributed by atoms with van der Waals surface area (Å²) in [4.78, 5) is 0. The molecule has 2 rings (SSSR count). The predicted octanol–water partition coefficient (Wildman–Crippen LogP) is 1.75. The van der Waals surface area contributed by atoms with Gasteiger partial charge >= 0.3 is 0 Å². The van der Waals surface area contributed by atoms with E-state index in [1.165, 1.54) is 19.1 Å². The zero-order valence-corrected chi connectivity index (χ0v) is 13.0. The summed E-state index contributed by atoms with van der Waals surface area (Å²) >= 11 is 0. The summed E-state index contributed by atoms with van der Waals surface area (Å²) in [5.74, 6) is 0. The first-order chi connectivity index (χ1) is 8.95. The number of rotatable bonds is 7. The lowest BCUT2D eigenvalue weighted by atomic mass is 9.93. The molecule has 2 fully saturated rings. The molecule has 0 heterocycles. The van der Waals surface area contributed by atoms with E-state index in [0.717, 1.165) is 45.3 Å². The Morgan fingerprint density at radius 3 is 2.63 bits per heavy atom. The molecule has 0 aromatic carbocycles. The lowest BCUT2D eigenvalue weighted by molar-refractivity contribution is 0.169. The van der Waals surface area contributed by atoms with E-state index in [2.05, 4.69) is 5.32 Å². The molecule has 0 aromatic rings. The monoisotopic (exact) mass is 289 g/mol. The highest BCUT2D eigenvalue weighted by Gasteiger charge is 2.42. The van der Waals surface area contributed by atoms with E-state index in [1.54, 1.807) is 7.11 Å². The van der Waals surface area contributed by atoms with E-state index in [-0.39, 0.29) is 5.25 Å². The average molecular weight is 289 g/mol. The normalized spacial score (nSPS) is 30.2. The number of nitrogens with one attached hydrogen (secondary N) is 1. The van der Waals surface area contributed by atoms with Crippen LogP contribution in [-0.4, -0.2) is 46.2 Å². The molecule has 0 bridgehead atoms. The Labute approximate surface area is 117 Å². The van der Waals surface area contributed by atoms with Crippen LogP contribution in [0.25, 0.3) is 0 Å². The Morgan fingerprint density at radius 2 is 2.05 bits per heavy atom. The first-order valence-electron chi connectivity index (χ1n) is 7.36. The van der Waals surface area contributed by atoms with Crippen molar-refractivity contribution in [2.24, 2.45) is 5.41 Å². The van der Waals surface area contributed by atoms with Crippen LogP contribution in [0.5, 0.6) is 0 Å². The van der Waals surface area contributed by atoms with Crippen LogP contribution >= 0.6 is 0 Å². The van der Waals surface area contributed by atoms with Crippen molar-refractivity contribution in [1.29, 1.82) is 0 Å². The fraction of sp³-hybridized carbons (Fsp3) is 1.00. The van der Waals surface area contributed by atoms with Gasteiger partial charge in [0.2, 0.25) is 0 Å². The van der Waals surface area contributed by atoms with Crippen molar-refractivity contribution in [3.63, 3.8) is 0 Å². The maximum Gasteiger partial charge on any atom is 0.150 e. The van der Waals surface area contributed by atoms with E-state index >= 15 is 0 Å². The third kappa shape index (κ3) is 4.43. The Balaban J connectivity index is 1.77. The van der Waals surface area contributed by atoms with Crippen molar-refractivity contribution in [1.82, 2.24) is 5.32 Å². The fourth-order valence-electron chi connectivity index (χ4n) is 3.09. The van der Waals surface area contributed by atoms with Crippen LogP contribution in [0.4, 0.5) is 0 Å². The highest BCUT2D eigenvalue weighted by Crippen LogP contribution is 2.48. The number of sulfone groups is 1. The molecule has 0 amide bonds. The summed E-state index contributed by atoms with van der Waals surface area (Å²) in [7, 11) is -1.12. The van der Waals surface area contributed by atoms with Crippen LogP contribution in [0.15, 0.2) is 0 Å². The minimum absolute atomic E-state index is 0.132.